The molecular formula is C77H104N12O13S. The predicted octanol–water partition coefficient (Wildman–Crippen LogP) is 5.69. The van der Waals surface area contributed by atoms with E-state index in [0.29, 0.717) is 54.1 Å². The minimum absolute atomic E-state index is 0.0566. The lowest BCUT2D eigenvalue weighted by Gasteiger charge is -2.47. The summed E-state index contributed by atoms with van der Waals surface area (Å²) in [5.74, 6) is -2.39. The van der Waals surface area contributed by atoms with Crippen LogP contribution in [0.2, 0.25) is 0 Å². The van der Waals surface area contributed by atoms with Crippen molar-refractivity contribution >= 4 is 79.2 Å². The van der Waals surface area contributed by atoms with E-state index in [1.54, 1.807) is 36.4 Å². The topological polar surface area (TPSA) is 388 Å². The van der Waals surface area contributed by atoms with Crippen molar-refractivity contribution < 1.29 is 61.5 Å². The number of aliphatic hydroxyl groups excluding tert-OH is 2. The number of primary amides is 2. The normalized spacial score (nSPS) is 21.0. The highest BCUT2D eigenvalue weighted by atomic mass is 32.2. The van der Waals surface area contributed by atoms with Crippen LogP contribution in [0.1, 0.15) is 151 Å². The standard InChI is InChI=1S/2C38H50N6O5.CH4O3S/c2*1-38(2,3)43-37(49)32-20-26-14-7-8-15-27(26)22-44(32)23-33(45)30(19-24-11-5-4-6-12-24)41-36(48)31(21-34(39)46)42-35(47)29-18-17-25-13-9-10-16-28(25)40-29;1-5(2,3)4/h2*4-6,9-13,16-18,26-27,30-33,45H,7-8,14-15,19-23H2,1-3H3,(H2,39,46)(H,41,48)(H,42,47)(H,43,49);1H3,(H,2,3,4)/t2*26-,27+,30-,31-,32-,33+;/m00./s1. The first kappa shape index (κ1) is 79.9. The number of fused-ring (bicyclic) bond motifs is 4. The van der Waals surface area contributed by atoms with Crippen LogP contribution in [0.15, 0.2) is 133 Å². The number of nitrogens with one attached hydrogen (secondary N) is 6. The number of para-hydroxylation sites is 2. The van der Waals surface area contributed by atoms with Crippen molar-refractivity contribution in [3.05, 3.63) is 156 Å². The van der Waals surface area contributed by atoms with E-state index < -0.39 is 118 Å². The number of β-amino-alcohol motifs (C(OH)–C–C–N with tert-alkyl or cyclic N) is 2. The SMILES string of the molecule is CC(C)(C)NC(=O)[C@@H]1C[C@@H]2CCCC[C@@H]2CN1C[C@@H](O)[C@H](Cc1ccccc1)NC(=O)[C@H](CC(N)=O)NC(=O)c1ccc2ccccc2n1.CC(C)(C)NC(=O)[C@@H]1C[C@@H]2CCCC[C@@H]2CN1C[C@@H](O)[C@H](Cc1ccccc1)NC(=O)[C@H](CC(N)=O)NC(=O)c1ccc2ccccc2n1.CS(=O)(=O)O. The summed E-state index contributed by atoms with van der Waals surface area (Å²) < 4.78 is 25.9. The van der Waals surface area contributed by atoms with Crippen LogP contribution in [-0.4, -0.2) is 182 Å². The number of pyridine rings is 2. The molecule has 6 aromatic rings. The lowest BCUT2D eigenvalue weighted by molar-refractivity contribution is -0.134. The van der Waals surface area contributed by atoms with E-state index in [0.717, 1.165) is 73.3 Å². The zero-order valence-electron chi connectivity index (χ0n) is 60.1. The van der Waals surface area contributed by atoms with Gasteiger partial charge in [0.2, 0.25) is 35.4 Å². The number of likely N-dealkylation sites (tertiary alicyclic amines) is 2. The summed E-state index contributed by atoms with van der Waals surface area (Å²) >= 11 is 0. The maximum atomic E-state index is 13.8. The van der Waals surface area contributed by atoms with Crippen molar-refractivity contribution in [2.45, 2.75) is 191 Å². The summed E-state index contributed by atoms with van der Waals surface area (Å²) in [6, 6.07) is 35.3. The Bertz CT molecular complexity index is 3760. The van der Waals surface area contributed by atoms with Gasteiger partial charge in [0.25, 0.3) is 21.9 Å². The number of nitrogens with zero attached hydrogens (tertiary/aromatic N) is 4. The Hall–Kier alpha value is -8.79. The van der Waals surface area contributed by atoms with Crippen molar-refractivity contribution in [3.8, 4) is 0 Å². The molecule has 4 aromatic carbocycles. The first-order chi connectivity index (χ1) is 48.7. The number of piperidine rings is 2. The van der Waals surface area contributed by atoms with Crippen LogP contribution < -0.4 is 43.4 Å². The summed E-state index contributed by atoms with van der Waals surface area (Å²) in [4.78, 5) is 119. The summed E-state index contributed by atoms with van der Waals surface area (Å²) in [5, 5.41) is 42.8. The van der Waals surface area contributed by atoms with Crippen LogP contribution in [0.3, 0.4) is 0 Å². The molecule has 0 bridgehead atoms. The number of amides is 8. The second kappa shape index (κ2) is 36.6. The molecule has 2 aromatic heterocycles. The van der Waals surface area contributed by atoms with Gasteiger partial charge in [-0.3, -0.25) is 52.7 Å². The van der Waals surface area contributed by atoms with Crippen molar-refractivity contribution in [3.63, 3.8) is 0 Å². The second-order valence-electron chi connectivity index (χ2n) is 30.1. The molecule has 26 heteroatoms. The van der Waals surface area contributed by atoms with E-state index >= 15 is 0 Å². The van der Waals surface area contributed by atoms with Crippen molar-refractivity contribution in [2.24, 2.45) is 35.1 Å². The first-order valence-electron chi connectivity index (χ1n) is 35.7. The monoisotopic (exact) mass is 1440 g/mol. The molecule has 13 N–H and O–H groups in total. The number of rotatable bonds is 24. The van der Waals surface area contributed by atoms with Gasteiger partial charge < -0.3 is 53.6 Å². The molecule has 0 unspecified atom stereocenters. The van der Waals surface area contributed by atoms with Gasteiger partial charge in [-0.15, -0.1) is 0 Å². The van der Waals surface area contributed by atoms with Crippen LogP contribution in [0, 0.1) is 23.7 Å². The molecule has 0 spiro atoms. The Morgan fingerprint density at radius 1 is 0.495 bits per heavy atom. The number of aliphatic hydroxyl groups is 2. The Balaban J connectivity index is 0.000000245. The molecule has 103 heavy (non-hydrogen) atoms. The third-order valence-corrected chi connectivity index (χ3v) is 19.3. The molecule has 10 rings (SSSR count). The fourth-order valence-electron chi connectivity index (χ4n) is 14.5. The highest BCUT2D eigenvalue weighted by Gasteiger charge is 2.44. The molecule has 2 saturated heterocycles. The molecule has 0 radical (unpaired) electrons. The smallest absolute Gasteiger partial charge is 0.270 e. The van der Waals surface area contributed by atoms with E-state index in [9.17, 15) is 57.0 Å². The molecule has 2 aliphatic heterocycles. The van der Waals surface area contributed by atoms with Gasteiger partial charge in [0.05, 0.1) is 66.5 Å². The Labute approximate surface area is 604 Å². The highest BCUT2D eigenvalue weighted by molar-refractivity contribution is 7.85. The Morgan fingerprint density at radius 3 is 1.17 bits per heavy atom. The van der Waals surface area contributed by atoms with Gasteiger partial charge in [-0.05, 0) is 139 Å². The van der Waals surface area contributed by atoms with Crippen LogP contribution in [-0.2, 0) is 51.7 Å². The fourth-order valence-corrected chi connectivity index (χ4v) is 14.5. The van der Waals surface area contributed by atoms with Crippen LogP contribution in [0.5, 0.6) is 0 Å². The molecule has 4 aliphatic rings. The molecule has 4 heterocycles. The number of benzene rings is 4. The van der Waals surface area contributed by atoms with Gasteiger partial charge >= 0.3 is 0 Å². The minimum atomic E-state index is -3.67. The molecular weight excluding hydrogens is 1330 g/mol. The van der Waals surface area contributed by atoms with Crippen molar-refractivity contribution in [1.82, 2.24) is 51.7 Å². The first-order valence-corrected chi connectivity index (χ1v) is 37.6. The maximum Gasteiger partial charge on any atom is 0.270 e. The molecule has 12 atom stereocenters. The number of nitrogens with two attached hydrogens (primary N) is 2. The zero-order chi connectivity index (χ0) is 74.8. The molecule has 8 amide bonds. The number of carbonyl (C=O) groups is 8. The molecule has 2 aliphatic carbocycles. The summed E-state index contributed by atoms with van der Waals surface area (Å²) in [5.41, 5.74) is 13.4. The van der Waals surface area contributed by atoms with Crippen LogP contribution >= 0.6 is 0 Å². The quantitative estimate of drug-likeness (QED) is 0.0324. The average Bonchev–Trinajstić information content (AvgIpc) is 0.810. The molecule has 556 valence electrons. The van der Waals surface area contributed by atoms with E-state index in [4.69, 9.17) is 16.0 Å². The van der Waals surface area contributed by atoms with Gasteiger partial charge in [0, 0.05) is 48.0 Å². The second-order valence-corrected chi connectivity index (χ2v) is 31.6. The zero-order valence-corrected chi connectivity index (χ0v) is 61.0. The summed E-state index contributed by atoms with van der Waals surface area (Å²) in [6.45, 7) is 13.5. The number of carbonyl (C=O) groups excluding carboxylic acids is 8. The van der Waals surface area contributed by atoms with Gasteiger partial charge in [0.15, 0.2) is 0 Å². The van der Waals surface area contributed by atoms with Gasteiger partial charge in [-0.1, -0.05) is 148 Å². The third kappa shape index (κ3) is 25.3. The van der Waals surface area contributed by atoms with Crippen molar-refractivity contribution in [1.29, 1.82) is 0 Å². The fraction of sp³-hybridized carbons (Fsp3) is 0.506. The minimum Gasteiger partial charge on any atom is -0.390 e. The molecule has 25 nitrogen and oxygen atoms in total. The van der Waals surface area contributed by atoms with E-state index in [1.807, 2.05) is 139 Å². The number of hydrogen-bond donors (Lipinski definition) is 11. The highest BCUT2D eigenvalue weighted by Crippen LogP contribution is 2.40. The largest absolute Gasteiger partial charge is 0.390 e. The van der Waals surface area contributed by atoms with Gasteiger partial charge in [0.1, 0.15) is 23.5 Å². The molecule has 2 saturated carbocycles. The maximum absolute atomic E-state index is 13.8. The average molecular weight is 1440 g/mol. The summed E-state index contributed by atoms with van der Waals surface area (Å²) in [7, 11) is -3.67. The number of hydrogen-bond acceptors (Lipinski definition) is 16. The molecule has 4 fully saturated rings. The van der Waals surface area contributed by atoms with Gasteiger partial charge in [-0.2, -0.15) is 8.42 Å². The van der Waals surface area contributed by atoms with E-state index in [1.165, 1.54) is 12.8 Å². The lowest BCUT2D eigenvalue weighted by atomic mass is 9.72. The van der Waals surface area contributed by atoms with Crippen LogP contribution in [0.25, 0.3) is 21.8 Å². The lowest BCUT2D eigenvalue weighted by Crippen LogP contribution is -2.61. The number of aromatic nitrogens is 2. The Kier molecular flexibility index (Phi) is 28.4. The van der Waals surface area contributed by atoms with Crippen molar-refractivity contribution in [2.75, 3.05) is 32.4 Å². The summed E-state index contributed by atoms with van der Waals surface area (Å²) in [6.07, 6.45) is 8.78. The van der Waals surface area contributed by atoms with Gasteiger partial charge in [-0.25, -0.2) is 9.97 Å². The van der Waals surface area contributed by atoms with E-state index in [2.05, 4.69) is 51.7 Å². The van der Waals surface area contributed by atoms with Crippen LogP contribution in [0.4, 0.5) is 0 Å². The predicted molar refractivity (Wildman–Crippen MR) is 394 cm³/mol. The Morgan fingerprint density at radius 2 is 0.825 bits per heavy atom. The van der Waals surface area contributed by atoms with E-state index in [-0.39, 0.29) is 49.1 Å². The third-order valence-electron chi connectivity index (χ3n) is 19.3.